The summed E-state index contributed by atoms with van der Waals surface area (Å²) < 4.78 is 4.70. The second-order valence-corrected chi connectivity index (χ2v) is 2.74. The SMILES string of the molecule is CC(O)CCN1CCOC1=O. The molecule has 1 fully saturated rings. The van der Waals surface area contributed by atoms with Crippen LogP contribution in [0.25, 0.3) is 0 Å². The third-order valence-corrected chi connectivity index (χ3v) is 1.66. The van der Waals surface area contributed by atoms with Gasteiger partial charge in [-0.1, -0.05) is 0 Å². The second-order valence-electron chi connectivity index (χ2n) is 2.74. The van der Waals surface area contributed by atoms with Crippen LogP contribution in [-0.4, -0.2) is 41.9 Å². The Balaban J connectivity index is 2.20. The van der Waals surface area contributed by atoms with E-state index in [2.05, 4.69) is 0 Å². The number of aliphatic hydroxyl groups is 1. The summed E-state index contributed by atoms with van der Waals surface area (Å²) >= 11 is 0. The molecule has 4 nitrogen and oxygen atoms in total. The second kappa shape index (κ2) is 3.57. The lowest BCUT2D eigenvalue weighted by atomic mass is 10.3. The van der Waals surface area contributed by atoms with E-state index < -0.39 is 0 Å². The molecule has 0 aliphatic carbocycles. The molecule has 0 aromatic heterocycles. The lowest BCUT2D eigenvalue weighted by molar-refractivity contribution is 0.145. The van der Waals surface area contributed by atoms with Crippen molar-refractivity contribution in [1.29, 1.82) is 0 Å². The van der Waals surface area contributed by atoms with Crippen molar-refractivity contribution in [2.24, 2.45) is 0 Å². The zero-order valence-corrected chi connectivity index (χ0v) is 6.62. The quantitative estimate of drug-likeness (QED) is 0.640. The van der Waals surface area contributed by atoms with Gasteiger partial charge in [-0.15, -0.1) is 0 Å². The fourth-order valence-corrected chi connectivity index (χ4v) is 0.971. The number of hydrogen-bond donors (Lipinski definition) is 1. The number of aliphatic hydroxyl groups excluding tert-OH is 1. The third kappa shape index (κ3) is 2.38. The van der Waals surface area contributed by atoms with Gasteiger partial charge in [0, 0.05) is 6.54 Å². The Morgan fingerprint density at radius 3 is 3.00 bits per heavy atom. The molecule has 0 spiro atoms. The van der Waals surface area contributed by atoms with Crippen LogP contribution in [-0.2, 0) is 4.74 Å². The monoisotopic (exact) mass is 159 g/mol. The summed E-state index contributed by atoms with van der Waals surface area (Å²) in [5.74, 6) is 0. The molecule has 1 rings (SSSR count). The predicted molar refractivity (Wildman–Crippen MR) is 39.2 cm³/mol. The van der Waals surface area contributed by atoms with Crippen LogP contribution in [0.3, 0.4) is 0 Å². The molecule has 64 valence electrons. The Morgan fingerprint density at radius 1 is 1.82 bits per heavy atom. The van der Waals surface area contributed by atoms with E-state index in [-0.39, 0.29) is 12.2 Å². The summed E-state index contributed by atoms with van der Waals surface area (Å²) in [7, 11) is 0. The van der Waals surface area contributed by atoms with Gasteiger partial charge < -0.3 is 14.7 Å². The van der Waals surface area contributed by atoms with E-state index in [4.69, 9.17) is 9.84 Å². The van der Waals surface area contributed by atoms with Gasteiger partial charge in [-0.2, -0.15) is 0 Å². The third-order valence-electron chi connectivity index (χ3n) is 1.66. The largest absolute Gasteiger partial charge is 0.448 e. The lowest BCUT2D eigenvalue weighted by Crippen LogP contribution is -2.27. The number of cyclic esters (lactones) is 1. The maximum Gasteiger partial charge on any atom is 0.409 e. The predicted octanol–water partition coefficient (Wildman–Crippen LogP) is 0.210. The molecule has 1 atom stereocenters. The Morgan fingerprint density at radius 2 is 2.55 bits per heavy atom. The summed E-state index contributed by atoms with van der Waals surface area (Å²) in [6.07, 6.45) is 0.0174. The van der Waals surface area contributed by atoms with Gasteiger partial charge in [0.05, 0.1) is 12.6 Å². The molecule has 1 aliphatic heterocycles. The minimum Gasteiger partial charge on any atom is -0.448 e. The molecule has 0 aromatic carbocycles. The maximum absolute atomic E-state index is 10.8. The van der Waals surface area contributed by atoms with Crippen molar-refractivity contribution in [3.05, 3.63) is 0 Å². The van der Waals surface area contributed by atoms with E-state index in [1.54, 1.807) is 11.8 Å². The fourth-order valence-electron chi connectivity index (χ4n) is 0.971. The number of hydrogen-bond acceptors (Lipinski definition) is 3. The van der Waals surface area contributed by atoms with Crippen molar-refractivity contribution >= 4 is 6.09 Å². The molecule has 1 heterocycles. The van der Waals surface area contributed by atoms with E-state index in [0.717, 1.165) is 0 Å². The molecule has 0 aromatic rings. The average Bonchev–Trinajstić information content (AvgIpc) is 2.31. The van der Waals surface area contributed by atoms with E-state index in [1.165, 1.54) is 0 Å². The molecule has 1 amide bonds. The minimum absolute atomic E-state index is 0.259. The van der Waals surface area contributed by atoms with Crippen molar-refractivity contribution in [3.8, 4) is 0 Å². The van der Waals surface area contributed by atoms with Crippen LogP contribution >= 0.6 is 0 Å². The van der Waals surface area contributed by atoms with Gasteiger partial charge in [-0.25, -0.2) is 4.79 Å². The molecular weight excluding hydrogens is 146 g/mol. The summed E-state index contributed by atoms with van der Waals surface area (Å²) in [6, 6.07) is 0. The highest BCUT2D eigenvalue weighted by Crippen LogP contribution is 2.04. The lowest BCUT2D eigenvalue weighted by Gasteiger charge is -2.12. The summed E-state index contributed by atoms with van der Waals surface area (Å²) in [6.45, 7) is 3.45. The molecule has 1 saturated heterocycles. The van der Waals surface area contributed by atoms with Crippen molar-refractivity contribution in [1.82, 2.24) is 4.90 Å². The Bertz CT molecular complexity index is 147. The first-order valence-corrected chi connectivity index (χ1v) is 3.80. The zero-order valence-electron chi connectivity index (χ0n) is 6.62. The van der Waals surface area contributed by atoms with Gasteiger partial charge in [0.15, 0.2) is 0 Å². The summed E-state index contributed by atoms with van der Waals surface area (Å²) in [5, 5.41) is 8.92. The molecule has 1 unspecified atom stereocenters. The molecular formula is C7H13NO3. The van der Waals surface area contributed by atoms with Crippen molar-refractivity contribution < 1.29 is 14.6 Å². The molecule has 0 saturated carbocycles. The van der Waals surface area contributed by atoms with E-state index in [0.29, 0.717) is 26.1 Å². The van der Waals surface area contributed by atoms with Gasteiger partial charge in [0.25, 0.3) is 0 Å². The van der Waals surface area contributed by atoms with Gasteiger partial charge in [0.1, 0.15) is 6.61 Å². The summed E-state index contributed by atoms with van der Waals surface area (Å²) in [5.41, 5.74) is 0. The van der Waals surface area contributed by atoms with Gasteiger partial charge in [-0.05, 0) is 13.3 Å². The smallest absolute Gasteiger partial charge is 0.409 e. The Kier molecular flexibility index (Phi) is 2.70. The van der Waals surface area contributed by atoms with Gasteiger partial charge in [0.2, 0.25) is 0 Å². The van der Waals surface area contributed by atoms with Crippen molar-refractivity contribution in [3.63, 3.8) is 0 Å². The van der Waals surface area contributed by atoms with Crippen LogP contribution in [0.2, 0.25) is 0 Å². The average molecular weight is 159 g/mol. The van der Waals surface area contributed by atoms with Gasteiger partial charge in [-0.3, -0.25) is 0 Å². The molecule has 0 radical (unpaired) electrons. The Hall–Kier alpha value is -0.770. The molecule has 11 heavy (non-hydrogen) atoms. The van der Waals surface area contributed by atoms with E-state index in [9.17, 15) is 4.79 Å². The highest BCUT2D eigenvalue weighted by atomic mass is 16.6. The number of amides is 1. The van der Waals surface area contributed by atoms with Gasteiger partial charge >= 0.3 is 6.09 Å². The molecule has 4 heteroatoms. The van der Waals surface area contributed by atoms with E-state index in [1.807, 2.05) is 0 Å². The highest BCUT2D eigenvalue weighted by molar-refractivity contribution is 5.69. The van der Waals surface area contributed by atoms with Crippen LogP contribution in [0.5, 0.6) is 0 Å². The number of nitrogens with zero attached hydrogens (tertiary/aromatic N) is 1. The topological polar surface area (TPSA) is 49.8 Å². The van der Waals surface area contributed by atoms with Crippen molar-refractivity contribution in [2.45, 2.75) is 19.4 Å². The zero-order chi connectivity index (χ0) is 8.27. The molecule has 1 N–H and O–H groups in total. The minimum atomic E-state index is -0.344. The highest BCUT2D eigenvalue weighted by Gasteiger charge is 2.21. The first kappa shape index (κ1) is 8.33. The Labute approximate surface area is 65.8 Å². The van der Waals surface area contributed by atoms with Crippen LogP contribution < -0.4 is 0 Å². The number of carbonyl (C=O) groups is 1. The maximum atomic E-state index is 10.8. The molecule has 1 aliphatic rings. The number of carbonyl (C=O) groups excluding carboxylic acids is 1. The standard InChI is InChI=1S/C7H13NO3/c1-6(9)2-3-8-4-5-11-7(8)10/h6,9H,2-5H2,1H3. The number of ether oxygens (including phenoxy) is 1. The van der Waals surface area contributed by atoms with Crippen LogP contribution in [0.1, 0.15) is 13.3 Å². The molecule has 0 bridgehead atoms. The fraction of sp³-hybridized carbons (Fsp3) is 0.857. The van der Waals surface area contributed by atoms with Crippen molar-refractivity contribution in [2.75, 3.05) is 19.7 Å². The normalized spacial score (nSPS) is 20.2. The first-order valence-electron chi connectivity index (χ1n) is 3.80. The number of rotatable bonds is 3. The van der Waals surface area contributed by atoms with Crippen LogP contribution in [0.15, 0.2) is 0 Å². The summed E-state index contributed by atoms with van der Waals surface area (Å²) in [4.78, 5) is 12.4. The van der Waals surface area contributed by atoms with E-state index >= 15 is 0 Å². The van der Waals surface area contributed by atoms with Crippen LogP contribution in [0, 0.1) is 0 Å². The van der Waals surface area contributed by atoms with Crippen LogP contribution in [0.4, 0.5) is 4.79 Å². The first-order chi connectivity index (χ1) is 5.20.